The first-order valence-corrected chi connectivity index (χ1v) is 11.6. The Morgan fingerprint density at radius 1 is 1.19 bits per heavy atom. The van der Waals surface area contributed by atoms with Gasteiger partial charge in [-0.3, -0.25) is 4.79 Å². The molecule has 0 heterocycles. The fraction of sp³-hybridized carbons (Fsp3) is 0.588. The number of carbonyl (C=O) groups is 1. The Kier molecular flexibility index (Phi) is 7.12. The molecule has 4 heteroatoms. The van der Waals surface area contributed by atoms with Gasteiger partial charge in [-0.25, -0.2) is 0 Å². The van der Waals surface area contributed by atoms with Crippen LogP contribution in [-0.4, -0.2) is 26.2 Å². The molecule has 2 N–H and O–H groups in total. The van der Waals surface area contributed by atoms with E-state index in [1.165, 1.54) is 5.56 Å². The summed E-state index contributed by atoms with van der Waals surface area (Å²) >= 11 is 0. The third-order valence-electron chi connectivity index (χ3n) is 3.66. The number of carbonyl (C=O) groups excluding carboxylic acids is 1. The molecule has 1 aromatic carbocycles. The van der Waals surface area contributed by atoms with Gasteiger partial charge in [-0.15, -0.1) is 0 Å². The Hall–Kier alpha value is -1.13. The predicted molar refractivity (Wildman–Crippen MR) is 92.9 cm³/mol. The van der Waals surface area contributed by atoms with Crippen molar-refractivity contribution < 1.29 is 4.79 Å². The van der Waals surface area contributed by atoms with E-state index in [-0.39, 0.29) is 11.9 Å². The molecule has 0 aliphatic rings. The van der Waals surface area contributed by atoms with Crippen LogP contribution in [0.4, 0.5) is 0 Å². The topological polar surface area (TPSA) is 41.1 Å². The number of hydrogen-bond acceptors (Lipinski definition) is 2. The molecule has 118 valence electrons. The van der Waals surface area contributed by atoms with E-state index in [4.69, 9.17) is 0 Å². The summed E-state index contributed by atoms with van der Waals surface area (Å²) in [6.45, 7) is 11.8. The Morgan fingerprint density at radius 3 is 2.33 bits per heavy atom. The highest BCUT2D eigenvalue weighted by Crippen LogP contribution is 2.10. The van der Waals surface area contributed by atoms with Crippen molar-refractivity contribution in [3.63, 3.8) is 0 Å². The summed E-state index contributed by atoms with van der Waals surface area (Å²) in [5.74, 6) is 0.470. The Morgan fingerprint density at radius 2 is 1.81 bits per heavy atom. The molecule has 0 saturated carbocycles. The highest BCUT2D eigenvalue weighted by molar-refractivity contribution is 6.76. The quantitative estimate of drug-likeness (QED) is 0.724. The van der Waals surface area contributed by atoms with Gasteiger partial charge in [-0.2, -0.15) is 0 Å². The van der Waals surface area contributed by atoms with Crippen molar-refractivity contribution in [3.05, 3.63) is 35.9 Å². The summed E-state index contributed by atoms with van der Waals surface area (Å²) in [5.41, 5.74) is 1.21. The van der Waals surface area contributed by atoms with Crippen molar-refractivity contribution in [2.45, 2.75) is 52.5 Å². The first-order chi connectivity index (χ1) is 9.83. The van der Waals surface area contributed by atoms with Crippen molar-refractivity contribution in [3.8, 4) is 0 Å². The number of nitrogens with one attached hydrogen (secondary N) is 2. The van der Waals surface area contributed by atoms with Crippen LogP contribution in [0.25, 0.3) is 0 Å². The van der Waals surface area contributed by atoms with E-state index in [1.807, 2.05) is 18.2 Å². The summed E-state index contributed by atoms with van der Waals surface area (Å²) in [4.78, 5) is 12.5. The van der Waals surface area contributed by atoms with Crippen LogP contribution in [0.1, 0.15) is 25.8 Å². The number of benzene rings is 1. The van der Waals surface area contributed by atoms with E-state index in [1.54, 1.807) is 0 Å². The average molecular weight is 307 g/mol. The van der Waals surface area contributed by atoms with E-state index in [0.717, 1.165) is 19.1 Å². The zero-order chi connectivity index (χ0) is 15.9. The van der Waals surface area contributed by atoms with Crippen molar-refractivity contribution in [1.82, 2.24) is 10.6 Å². The zero-order valence-corrected chi connectivity index (χ0v) is 15.1. The van der Waals surface area contributed by atoms with Gasteiger partial charge < -0.3 is 10.6 Å². The van der Waals surface area contributed by atoms with Gasteiger partial charge in [-0.1, -0.05) is 70.2 Å². The van der Waals surface area contributed by atoms with Crippen LogP contribution in [-0.2, 0) is 11.3 Å². The first kappa shape index (κ1) is 17.9. The normalized spacial score (nSPS) is 14.5. The molecule has 3 nitrogen and oxygen atoms in total. The standard InChI is InChI=1S/C17H30N2OSi/c1-6-14(2)16(17(20)19-13-21(3,4)5)18-12-15-10-8-7-9-11-15/h7-11,14,16,18H,6,12-13H2,1-5H3,(H,19,20). The minimum absolute atomic E-state index is 0.119. The van der Waals surface area contributed by atoms with Gasteiger partial charge in [-0.05, 0) is 11.5 Å². The zero-order valence-electron chi connectivity index (χ0n) is 14.1. The molecule has 0 aromatic heterocycles. The Bertz CT molecular complexity index is 428. The second-order valence-corrected chi connectivity index (χ2v) is 12.5. The monoisotopic (exact) mass is 306 g/mol. The van der Waals surface area contributed by atoms with Crippen molar-refractivity contribution >= 4 is 14.0 Å². The Balaban J connectivity index is 2.61. The lowest BCUT2D eigenvalue weighted by molar-refractivity contribution is -0.124. The molecule has 21 heavy (non-hydrogen) atoms. The minimum Gasteiger partial charge on any atom is -0.358 e. The predicted octanol–water partition coefficient (Wildman–Crippen LogP) is 3.18. The van der Waals surface area contributed by atoms with Crippen LogP contribution >= 0.6 is 0 Å². The summed E-state index contributed by atoms with van der Waals surface area (Å²) < 4.78 is 0. The summed E-state index contributed by atoms with van der Waals surface area (Å²) in [7, 11) is -1.26. The lowest BCUT2D eigenvalue weighted by atomic mass is 9.98. The maximum absolute atomic E-state index is 12.5. The van der Waals surface area contributed by atoms with E-state index in [0.29, 0.717) is 5.92 Å². The Labute approximate surface area is 130 Å². The minimum atomic E-state index is -1.26. The van der Waals surface area contributed by atoms with Crippen molar-refractivity contribution in [2.24, 2.45) is 5.92 Å². The number of amides is 1. The highest BCUT2D eigenvalue weighted by atomic mass is 28.3. The second-order valence-electron chi connectivity index (χ2n) is 7.01. The molecule has 0 saturated heterocycles. The van der Waals surface area contributed by atoms with Gasteiger partial charge in [0.05, 0.1) is 14.1 Å². The number of hydrogen-bond donors (Lipinski definition) is 2. The van der Waals surface area contributed by atoms with Gasteiger partial charge >= 0.3 is 0 Å². The molecule has 1 rings (SSSR count). The molecular weight excluding hydrogens is 276 g/mol. The lowest BCUT2D eigenvalue weighted by Gasteiger charge is -2.25. The first-order valence-electron chi connectivity index (χ1n) is 7.88. The third-order valence-corrected chi connectivity index (χ3v) is 4.89. The fourth-order valence-electron chi connectivity index (χ4n) is 2.07. The molecule has 0 radical (unpaired) electrons. The highest BCUT2D eigenvalue weighted by Gasteiger charge is 2.24. The van der Waals surface area contributed by atoms with Crippen LogP contribution in [0.3, 0.4) is 0 Å². The molecule has 0 aliphatic carbocycles. The molecule has 1 amide bonds. The molecule has 2 atom stereocenters. The van der Waals surface area contributed by atoms with Gasteiger partial charge in [0, 0.05) is 12.7 Å². The molecule has 0 bridgehead atoms. The molecule has 0 fully saturated rings. The molecule has 0 spiro atoms. The molecule has 2 unspecified atom stereocenters. The van der Waals surface area contributed by atoms with Gasteiger partial charge in [0.25, 0.3) is 0 Å². The maximum Gasteiger partial charge on any atom is 0.237 e. The number of rotatable bonds is 8. The van der Waals surface area contributed by atoms with E-state index in [9.17, 15) is 4.79 Å². The van der Waals surface area contributed by atoms with E-state index < -0.39 is 8.07 Å². The van der Waals surface area contributed by atoms with Crippen LogP contribution < -0.4 is 10.6 Å². The smallest absolute Gasteiger partial charge is 0.237 e. The van der Waals surface area contributed by atoms with Crippen LogP contribution in [0.5, 0.6) is 0 Å². The van der Waals surface area contributed by atoms with Gasteiger partial charge in [0.15, 0.2) is 0 Å². The van der Waals surface area contributed by atoms with Crippen molar-refractivity contribution in [1.29, 1.82) is 0 Å². The average Bonchev–Trinajstić information content (AvgIpc) is 2.45. The molecule has 1 aromatic rings. The van der Waals surface area contributed by atoms with E-state index in [2.05, 4.69) is 56.3 Å². The van der Waals surface area contributed by atoms with Crippen LogP contribution in [0.2, 0.25) is 19.6 Å². The SMILES string of the molecule is CCC(C)C(NCc1ccccc1)C(=O)NC[Si](C)(C)C. The maximum atomic E-state index is 12.5. The largest absolute Gasteiger partial charge is 0.358 e. The van der Waals surface area contributed by atoms with Gasteiger partial charge in [0.2, 0.25) is 5.91 Å². The van der Waals surface area contributed by atoms with Crippen molar-refractivity contribution in [2.75, 3.05) is 6.17 Å². The van der Waals surface area contributed by atoms with Crippen LogP contribution in [0.15, 0.2) is 30.3 Å². The fourth-order valence-corrected chi connectivity index (χ4v) is 2.78. The summed E-state index contributed by atoms with van der Waals surface area (Å²) in [5, 5.41) is 6.56. The lowest BCUT2D eigenvalue weighted by Crippen LogP contribution is -2.51. The van der Waals surface area contributed by atoms with Crippen LogP contribution in [0, 0.1) is 5.92 Å². The molecule has 0 aliphatic heterocycles. The third kappa shape index (κ3) is 6.91. The van der Waals surface area contributed by atoms with E-state index >= 15 is 0 Å². The molecular formula is C17H30N2OSi. The van der Waals surface area contributed by atoms with Gasteiger partial charge in [0.1, 0.15) is 0 Å². The summed E-state index contributed by atoms with van der Waals surface area (Å²) in [6.07, 6.45) is 1.83. The summed E-state index contributed by atoms with van der Waals surface area (Å²) in [6, 6.07) is 10.1. The second kappa shape index (κ2) is 8.34.